The molecule has 182 valence electrons. The van der Waals surface area contributed by atoms with E-state index in [1.165, 1.54) is 50.4 Å². The molecule has 0 spiro atoms. The molecule has 0 atom stereocenters. The number of sulfonamides is 1. The molecule has 0 saturated heterocycles. The number of methoxy groups -OCH3 is 1. The predicted molar refractivity (Wildman–Crippen MR) is 129 cm³/mol. The van der Waals surface area contributed by atoms with E-state index < -0.39 is 20.9 Å². The van der Waals surface area contributed by atoms with Gasteiger partial charge < -0.3 is 15.4 Å². The molecule has 3 rings (SSSR count). The van der Waals surface area contributed by atoms with E-state index in [0.29, 0.717) is 5.69 Å². The highest BCUT2D eigenvalue weighted by Crippen LogP contribution is 2.30. The van der Waals surface area contributed by atoms with Crippen molar-refractivity contribution in [2.75, 3.05) is 17.1 Å². The van der Waals surface area contributed by atoms with Crippen molar-refractivity contribution in [3.63, 3.8) is 0 Å². The highest BCUT2D eigenvalue weighted by atomic mass is 32.2. The Labute approximate surface area is 201 Å². The van der Waals surface area contributed by atoms with Gasteiger partial charge in [-0.2, -0.15) is 0 Å². The molecule has 0 radical (unpaired) electrons. The summed E-state index contributed by atoms with van der Waals surface area (Å²) in [5, 5.41) is 16.4. The molecule has 0 aliphatic heterocycles. The number of hydrogen-bond donors (Lipinski definition) is 3. The van der Waals surface area contributed by atoms with Gasteiger partial charge in [-0.25, -0.2) is 8.42 Å². The summed E-state index contributed by atoms with van der Waals surface area (Å²) in [6.45, 7) is 1.64. The maximum atomic E-state index is 12.8. The number of anilines is 2. The van der Waals surface area contributed by atoms with E-state index in [-0.39, 0.29) is 40.0 Å². The Balaban J connectivity index is 1.67. The third kappa shape index (κ3) is 6.54. The lowest BCUT2D eigenvalue weighted by Gasteiger charge is -2.12. The average molecular weight is 499 g/mol. The smallest absolute Gasteiger partial charge is 0.271 e. The standard InChI is InChI=1S/C23H22N4O7S/c1-15(28)25-18-7-3-16(4-8-18)14-24-23(29)17-5-10-20(11-6-17)35(32,33)26-21-13-19(27(30)31)9-12-22(21)34-2/h3-13,26H,14H2,1-2H3,(H,24,29)(H,25,28). The van der Waals surface area contributed by atoms with Crippen LogP contribution in [0.2, 0.25) is 0 Å². The number of nitro groups is 1. The molecular formula is C23H22N4O7S. The molecule has 3 aromatic carbocycles. The van der Waals surface area contributed by atoms with Gasteiger partial charge in [-0.1, -0.05) is 12.1 Å². The van der Waals surface area contributed by atoms with E-state index in [2.05, 4.69) is 15.4 Å². The summed E-state index contributed by atoms with van der Waals surface area (Å²) in [5.74, 6) is -0.482. The number of nitrogens with zero attached hydrogens (tertiary/aromatic N) is 1. The highest BCUT2D eigenvalue weighted by Gasteiger charge is 2.20. The number of rotatable bonds is 9. The fourth-order valence-corrected chi connectivity index (χ4v) is 4.13. The van der Waals surface area contributed by atoms with Gasteiger partial charge in [0.1, 0.15) is 5.75 Å². The maximum absolute atomic E-state index is 12.8. The SMILES string of the molecule is COc1ccc([N+](=O)[O-])cc1NS(=O)(=O)c1ccc(C(=O)NCc2ccc(NC(C)=O)cc2)cc1. The van der Waals surface area contributed by atoms with Gasteiger partial charge in [-0.3, -0.25) is 24.4 Å². The summed E-state index contributed by atoms with van der Waals surface area (Å²) in [6.07, 6.45) is 0. The molecule has 0 aromatic heterocycles. The second-order valence-corrected chi connectivity index (χ2v) is 9.01. The Kier molecular flexibility index (Phi) is 7.66. The summed E-state index contributed by atoms with van der Waals surface area (Å²) in [6, 6.07) is 15.7. The van der Waals surface area contributed by atoms with Gasteiger partial charge in [0.25, 0.3) is 21.6 Å². The van der Waals surface area contributed by atoms with Gasteiger partial charge in [-0.05, 0) is 48.0 Å². The number of non-ortho nitro benzene ring substituents is 1. The number of hydrogen-bond acceptors (Lipinski definition) is 7. The van der Waals surface area contributed by atoms with Crippen LogP contribution in [0.5, 0.6) is 5.75 Å². The van der Waals surface area contributed by atoms with Crippen LogP contribution < -0.4 is 20.1 Å². The van der Waals surface area contributed by atoms with E-state index >= 15 is 0 Å². The first kappa shape index (κ1) is 25.2. The fraction of sp³-hybridized carbons (Fsp3) is 0.130. The van der Waals surface area contributed by atoms with Gasteiger partial charge in [0.2, 0.25) is 5.91 Å². The summed E-state index contributed by atoms with van der Waals surface area (Å²) in [4.78, 5) is 33.8. The minimum Gasteiger partial charge on any atom is -0.495 e. The molecule has 0 heterocycles. The predicted octanol–water partition coefficient (Wildman–Crippen LogP) is 3.29. The third-order valence-corrected chi connectivity index (χ3v) is 6.17. The Morgan fingerprint density at radius 1 is 1.00 bits per heavy atom. The number of amides is 2. The van der Waals surface area contributed by atoms with Gasteiger partial charge in [0.15, 0.2) is 0 Å². The Morgan fingerprint density at radius 2 is 1.66 bits per heavy atom. The number of carbonyl (C=O) groups is 2. The number of nitrogens with one attached hydrogen (secondary N) is 3. The average Bonchev–Trinajstić information content (AvgIpc) is 2.83. The molecule has 0 fully saturated rings. The lowest BCUT2D eigenvalue weighted by atomic mass is 10.2. The Morgan fingerprint density at radius 3 is 2.23 bits per heavy atom. The van der Waals surface area contributed by atoms with E-state index in [0.717, 1.165) is 11.6 Å². The van der Waals surface area contributed by atoms with E-state index in [1.807, 2.05) is 0 Å². The van der Waals surface area contributed by atoms with E-state index in [9.17, 15) is 28.1 Å². The van der Waals surface area contributed by atoms with E-state index in [4.69, 9.17) is 4.74 Å². The first-order valence-corrected chi connectivity index (χ1v) is 11.7. The van der Waals surface area contributed by atoms with Crippen LogP contribution in [-0.4, -0.2) is 32.3 Å². The highest BCUT2D eigenvalue weighted by molar-refractivity contribution is 7.92. The van der Waals surface area contributed by atoms with Crippen LogP contribution in [0.15, 0.2) is 71.6 Å². The topological polar surface area (TPSA) is 157 Å². The first-order chi connectivity index (χ1) is 16.6. The van der Waals surface area contributed by atoms with Crippen LogP contribution in [0.25, 0.3) is 0 Å². The van der Waals surface area contributed by atoms with Crippen molar-refractivity contribution in [1.82, 2.24) is 5.32 Å². The van der Waals surface area contributed by atoms with Crippen molar-refractivity contribution in [2.24, 2.45) is 0 Å². The van der Waals surface area contributed by atoms with Crippen molar-refractivity contribution in [3.05, 3.63) is 88.0 Å². The zero-order chi connectivity index (χ0) is 25.6. The van der Waals surface area contributed by atoms with Gasteiger partial charge in [0, 0.05) is 36.9 Å². The second kappa shape index (κ2) is 10.7. The number of benzene rings is 3. The Hall–Kier alpha value is -4.45. The molecule has 2 amide bonds. The summed E-state index contributed by atoms with van der Waals surface area (Å²) in [7, 11) is -2.80. The quantitative estimate of drug-likeness (QED) is 0.302. The third-order valence-electron chi connectivity index (χ3n) is 4.79. The van der Waals surface area contributed by atoms with Gasteiger partial charge in [-0.15, -0.1) is 0 Å². The Bertz CT molecular complexity index is 1360. The summed E-state index contributed by atoms with van der Waals surface area (Å²) < 4.78 is 32.9. The van der Waals surface area contributed by atoms with Crippen molar-refractivity contribution in [3.8, 4) is 5.75 Å². The minimum atomic E-state index is -4.11. The number of ether oxygens (including phenoxy) is 1. The zero-order valence-electron chi connectivity index (χ0n) is 18.8. The molecular weight excluding hydrogens is 476 g/mol. The monoisotopic (exact) mass is 498 g/mol. The molecule has 3 N–H and O–H groups in total. The molecule has 0 unspecified atom stereocenters. The van der Waals surface area contributed by atoms with Gasteiger partial charge >= 0.3 is 0 Å². The van der Waals surface area contributed by atoms with Crippen molar-refractivity contribution >= 4 is 38.9 Å². The first-order valence-electron chi connectivity index (χ1n) is 10.2. The largest absolute Gasteiger partial charge is 0.495 e. The van der Waals surface area contributed by atoms with Crippen LogP contribution in [0, 0.1) is 10.1 Å². The normalized spacial score (nSPS) is 10.8. The maximum Gasteiger partial charge on any atom is 0.271 e. The van der Waals surface area contributed by atoms with Crippen LogP contribution in [0.3, 0.4) is 0 Å². The molecule has 0 aliphatic rings. The molecule has 11 nitrogen and oxygen atoms in total. The second-order valence-electron chi connectivity index (χ2n) is 7.33. The van der Waals surface area contributed by atoms with Crippen molar-refractivity contribution < 1.29 is 27.7 Å². The van der Waals surface area contributed by atoms with E-state index in [1.54, 1.807) is 24.3 Å². The van der Waals surface area contributed by atoms with Gasteiger partial charge in [0.05, 0.1) is 22.6 Å². The van der Waals surface area contributed by atoms with Crippen LogP contribution in [0.4, 0.5) is 17.1 Å². The molecule has 0 bridgehead atoms. The molecule has 35 heavy (non-hydrogen) atoms. The number of nitro benzene ring substituents is 1. The molecule has 0 saturated carbocycles. The van der Waals surface area contributed by atoms with Crippen molar-refractivity contribution in [1.29, 1.82) is 0 Å². The lowest BCUT2D eigenvalue weighted by molar-refractivity contribution is -0.384. The van der Waals surface area contributed by atoms with Crippen LogP contribution >= 0.6 is 0 Å². The molecule has 0 aliphatic carbocycles. The van der Waals surface area contributed by atoms with Crippen LogP contribution in [0.1, 0.15) is 22.8 Å². The molecule has 12 heteroatoms. The number of carbonyl (C=O) groups excluding carboxylic acids is 2. The van der Waals surface area contributed by atoms with Crippen LogP contribution in [-0.2, 0) is 21.4 Å². The minimum absolute atomic E-state index is 0.0898. The summed E-state index contributed by atoms with van der Waals surface area (Å²) in [5.41, 5.74) is 1.29. The fourth-order valence-electron chi connectivity index (χ4n) is 3.07. The van der Waals surface area contributed by atoms with Crippen molar-refractivity contribution in [2.45, 2.75) is 18.4 Å². The zero-order valence-corrected chi connectivity index (χ0v) is 19.6. The molecule has 3 aromatic rings. The summed E-state index contributed by atoms with van der Waals surface area (Å²) >= 11 is 0. The lowest BCUT2D eigenvalue weighted by Crippen LogP contribution is -2.23.